The smallest absolute Gasteiger partial charge is 0.314 e. The van der Waals surface area contributed by atoms with Crippen molar-refractivity contribution in [3.05, 3.63) is 0 Å². The van der Waals surface area contributed by atoms with Crippen molar-refractivity contribution in [3.8, 4) is 0 Å². The lowest BCUT2D eigenvalue weighted by atomic mass is 10.1. The van der Waals surface area contributed by atoms with Crippen LogP contribution in [-0.2, 0) is 0 Å². The van der Waals surface area contributed by atoms with Crippen LogP contribution in [0.1, 0.15) is 26.7 Å². The van der Waals surface area contributed by atoms with Crippen LogP contribution in [0, 0.1) is 5.92 Å². The van der Waals surface area contributed by atoms with E-state index >= 15 is 0 Å². The Balaban J connectivity index is 3.20. The van der Waals surface area contributed by atoms with Gasteiger partial charge in [-0.15, -0.1) is 0 Å². The SMILES string of the molecule is CCNC(=O)NCCCC(C)CN. The fourth-order valence-electron chi connectivity index (χ4n) is 0.993. The molecule has 1 atom stereocenters. The highest BCUT2D eigenvalue weighted by Crippen LogP contribution is 2.01. The third-order valence-electron chi connectivity index (χ3n) is 1.90. The zero-order valence-corrected chi connectivity index (χ0v) is 8.60. The van der Waals surface area contributed by atoms with Gasteiger partial charge in [0.1, 0.15) is 0 Å². The van der Waals surface area contributed by atoms with Crippen LogP contribution in [0.3, 0.4) is 0 Å². The largest absolute Gasteiger partial charge is 0.338 e. The summed E-state index contributed by atoms with van der Waals surface area (Å²) in [6, 6.07) is -0.0806. The first-order chi connectivity index (χ1) is 6.20. The van der Waals surface area contributed by atoms with Crippen LogP contribution in [0.5, 0.6) is 0 Å². The number of hydrogen-bond donors (Lipinski definition) is 3. The number of carbonyl (C=O) groups is 1. The zero-order chi connectivity index (χ0) is 10.1. The minimum Gasteiger partial charge on any atom is -0.338 e. The standard InChI is InChI=1S/C9H21N3O/c1-3-11-9(13)12-6-4-5-8(2)7-10/h8H,3-7,10H2,1-2H3,(H2,11,12,13). The molecular weight excluding hydrogens is 166 g/mol. The van der Waals surface area contributed by atoms with E-state index < -0.39 is 0 Å². The Labute approximate surface area is 80.3 Å². The molecule has 0 fully saturated rings. The van der Waals surface area contributed by atoms with Gasteiger partial charge in [-0.3, -0.25) is 0 Å². The van der Waals surface area contributed by atoms with Crippen LogP contribution in [0.4, 0.5) is 4.79 Å². The van der Waals surface area contributed by atoms with Crippen molar-refractivity contribution in [2.75, 3.05) is 19.6 Å². The highest BCUT2D eigenvalue weighted by Gasteiger charge is 1.99. The minimum absolute atomic E-state index is 0.0806. The molecule has 0 aliphatic carbocycles. The summed E-state index contributed by atoms with van der Waals surface area (Å²) in [5, 5.41) is 5.45. The quantitative estimate of drug-likeness (QED) is 0.535. The van der Waals surface area contributed by atoms with Gasteiger partial charge in [0.25, 0.3) is 0 Å². The van der Waals surface area contributed by atoms with Gasteiger partial charge >= 0.3 is 6.03 Å². The van der Waals surface area contributed by atoms with Gasteiger partial charge < -0.3 is 16.4 Å². The van der Waals surface area contributed by atoms with Crippen LogP contribution in [0.2, 0.25) is 0 Å². The number of urea groups is 1. The number of nitrogens with one attached hydrogen (secondary N) is 2. The van der Waals surface area contributed by atoms with Gasteiger partial charge in [-0.2, -0.15) is 0 Å². The Kier molecular flexibility index (Phi) is 7.39. The van der Waals surface area contributed by atoms with Gasteiger partial charge in [-0.05, 0) is 32.2 Å². The molecule has 4 N–H and O–H groups in total. The first-order valence-corrected chi connectivity index (χ1v) is 4.92. The lowest BCUT2D eigenvalue weighted by Gasteiger charge is -2.08. The van der Waals surface area contributed by atoms with Gasteiger partial charge in [-0.25, -0.2) is 4.79 Å². The van der Waals surface area contributed by atoms with Crippen molar-refractivity contribution in [2.24, 2.45) is 11.7 Å². The highest BCUT2D eigenvalue weighted by molar-refractivity contribution is 5.73. The number of hydrogen-bond acceptors (Lipinski definition) is 2. The van der Waals surface area contributed by atoms with Crippen molar-refractivity contribution in [2.45, 2.75) is 26.7 Å². The van der Waals surface area contributed by atoms with Crippen molar-refractivity contribution in [1.29, 1.82) is 0 Å². The van der Waals surface area contributed by atoms with Gasteiger partial charge in [0.2, 0.25) is 0 Å². The lowest BCUT2D eigenvalue weighted by Crippen LogP contribution is -2.35. The van der Waals surface area contributed by atoms with Gasteiger partial charge in [0.05, 0.1) is 0 Å². The van der Waals surface area contributed by atoms with Crippen LogP contribution in [-0.4, -0.2) is 25.7 Å². The van der Waals surface area contributed by atoms with E-state index in [4.69, 9.17) is 5.73 Å². The number of nitrogens with two attached hydrogens (primary N) is 1. The molecule has 0 aromatic heterocycles. The Morgan fingerprint density at radius 2 is 2.15 bits per heavy atom. The second-order valence-electron chi connectivity index (χ2n) is 3.27. The van der Waals surface area contributed by atoms with Gasteiger partial charge in [0, 0.05) is 13.1 Å². The molecule has 13 heavy (non-hydrogen) atoms. The number of rotatable bonds is 6. The van der Waals surface area contributed by atoms with Crippen LogP contribution >= 0.6 is 0 Å². The molecule has 78 valence electrons. The molecule has 0 radical (unpaired) electrons. The normalized spacial score (nSPS) is 12.2. The fourth-order valence-corrected chi connectivity index (χ4v) is 0.993. The average molecular weight is 187 g/mol. The second kappa shape index (κ2) is 7.86. The summed E-state index contributed by atoms with van der Waals surface area (Å²) in [7, 11) is 0. The summed E-state index contributed by atoms with van der Waals surface area (Å²) < 4.78 is 0. The summed E-state index contributed by atoms with van der Waals surface area (Å²) in [5.74, 6) is 0.552. The van der Waals surface area contributed by atoms with E-state index in [2.05, 4.69) is 17.6 Å². The molecular formula is C9H21N3O. The maximum atomic E-state index is 10.9. The molecule has 0 aliphatic rings. The number of carbonyl (C=O) groups excluding carboxylic acids is 1. The van der Waals surface area contributed by atoms with E-state index in [0.717, 1.165) is 25.9 Å². The van der Waals surface area contributed by atoms with E-state index in [1.165, 1.54) is 0 Å². The first kappa shape index (κ1) is 12.2. The molecule has 4 nitrogen and oxygen atoms in total. The van der Waals surface area contributed by atoms with Gasteiger partial charge in [0.15, 0.2) is 0 Å². The Morgan fingerprint density at radius 3 is 2.69 bits per heavy atom. The monoisotopic (exact) mass is 187 g/mol. The third kappa shape index (κ3) is 7.59. The molecule has 0 aromatic rings. The molecule has 0 spiro atoms. The van der Waals surface area contributed by atoms with Crippen molar-refractivity contribution < 1.29 is 4.79 Å². The lowest BCUT2D eigenvalue weighted by molar-refractivity contribution is 0.241. The minimum atomic E-state index is -0.0806. The van der Waals surface area contributed by atoms with E-state index in [1.807, 2.05) is 6.92 Å². The highest BCUT2D eigenvalue weighted by atomic mass is 16.2. The predicted octanol–water partition coefficient (Wildman–Crippen LogP) is 0.681. The molecule has 0 aliphatic heterocycles. The van der Waals surface area contributed by atoms with E-state index in [1.54, 1.807) is 0 Å². The summed E-state index contributed by atoms with van der Waals surface area (Å²) in [5.41, 5.74) is 5.46. The summed E-state index contributed by atoms with van der Waals surface area (Å²) in [6.07, 6.45) is 2.07. The topological polar surface area (TPSA) is 67.2 Å². The third-order valence-corrected chi connectivity index (χ3v) is 1.90. The summed E-state index contributed by atoms with van der Waals surface area (Å²) >= 11 is 0. The van der Waals surface area contributed by atoms with Crippen molar-refractivity contribution >= 4 is 6.03 Å². The van der Waals surface area contributed by atoms with Gasteiger partial charge in [-0.1, -0.05) is 6.92 Å². The Morgan fingerprint density at radius 1 is 1.46 bits per heavy atom. The molecule has 4 heteroatoms. The molecule has 0 saturated carbocycles. The molecule has 2 amide bonds. The van der Waals surface area contributed by atoms with E-state index in [0.29, 0.717) is 12.5 Å². The molecule has 0 aromatic carbocycles. The Bertz CT molecular complexity index is 139. The molecule has 0 bridgehead atoms. The molecule has 1 unspecified atom stereocenters. The summed E-state index contributed by atoms with van der Waals surface area (Å²) in [4.78, 5) is 10.9. The first-order valence-electron chi connectivity index (χ1n) is 4.92. The average Bonchev–Trinajstić information content (AvgIpc) is 2.12. The molecule has 0 rings (SSSR count). The fraction of sp³-hybridized carbons (Fsp3) is 0.889. The molecule has 0 heterocycles. The second-order valence-corrected chi connectivity index (χ2v) is 3.27. The molecule has 0 saturated heterocycles. The predicted molar refractivity (Wildman–Crippen MR) is 54.5 cm³/mol. The summed E-state index contributed by atoms with van der Waals surface area (Å²) in [6.45, 7) is 6.14. The van der Waals surface area contributed by atoms with Crippen LogP contribution < -0.4 is 16.4 Å². The van der Waals surface area contributed by atoms with E-state index in [-0.39, 0.29) is 6.03 Å². The van der Waals surface area contributed by atoms with Crippen molar-refractivity contribution in [1.82, 2.24) is 10.6 Å². The van der Waals surface area contributed by atoms with Crippen LogP contribution in [0.15, 0.2) is 0 Å². The Hall–Kier alpha value is -0.770. The van der Waals surface area contributed by atoms with E-state index in [9.17, 15) is 4.79 Å². The van der Waals surface area contributed by atoms with Crippen molar-refractivity contribution in [3.63, 3.8) is 0 Å². The van der Waals surface area contributed by atoms with Crippen LogP contribution in [0.25, 0.3) is 0 Å². The maximum Gasteiger partial charge on any atom is 0.314 e. The number of amides is 2. The zero-order valence-electron chi connectivity index (χ0n) is 8.60. The maximum absolute atomic E-state index is 10.9.